The van der Waals surface area contributed by atoms with Crippen LogP contribution in [-0.4, -0.2) is 55.9 Å². The van der Waals surface area contributed by atoms with Gasteiger partial charge in [0.15, 0.2) is 0 Å². The monoisotopic (exact) mass is 192 g/mol. The van der Waals surface area contributed by atoms with Gasteiger partial charge in [0.1, 0.15) is 0 Å². The fourth-order valence-electron chi connectivity index (χ4n) is 0.622. The summed E-state index contributed by atoms with van der Waals surface area (Å²) >= 11 is 0.662. The summed E-state index contributed by atoms with van der Waals surface area (Å²) in [7, 11) is 0. The predicted molar refractivity (Wildman–Crippen MR) is 43.6 cm³/mol. The number of hydrogen-bond acceptors (Lipinski definition) is 3. The van der Waals surface area contributed by atoms with E-state index in [1.54, 1.807) is 0 Å². The van der Waals surface area contributed by atoms with Crippen molar-refractivity contribution in [3.63, 3.8) is 0 Å². The van der Waals surface area contributed by atoms with Gasteiger partial charge >= 0.3 is 76.3 Å². The van der Waals surface area contributed by atoms with Crippen LogP contribution in [-0.2, 0) is 9.59 Å². The van der Waals surface area contributed by atoms with Crippen LogP contribution >= 0.6 is 0 Å². The number of carbonyl (C=O) groups is 3. The van der Waals surface area contributed by atoms with Crippen molar-refractivity contribution in [3.05, 3.63) is 21.1 Å². The van der Waals surface area contributed by atoms with Crippen LogP contribution in [0.15, 0.2) is 21.1 Å². The standard InChI is InChI=1S/C6H3O2.CH2O3.Na/c7-5-1-2-6(8)4-3-5;2-1(3)4;/h1-3H;(H2,2,3,4);. The Kier molecular flexibility index (Phi) is 5.29. The Morgan fingerprint density at radius 2 is 1.69 bits per heavy atom. The van der Waals surface area contributed by atoms with E-state index in [-0.39, 0.29) is 11.6 Å². The van der Waals surface area contributed by atoms with Gasteiger partial charge in [-0.1, -0.05) is 0 Å². The number of ketones is 2. The molecule has 0 atom stereocenters. The molecule has 1 rings (SSSR count). The van der Waals surface area contributed by atoms with Gasteiger partial charge in [0.05, 0.1) is 0 Å². The van der Waals surface area contributed by atoms with Crippen LogP contribution in [0.3, 0.4) is 0 Å². The molecular weight excluding hydrogens is 187 g/mol. The molecule has 0 fully saturated rings. The summed E-state index contributed by atoms with van der Waals surface area (Å²) in [5, 5.41) is 13.9. The Labute approximate surface area is 91.2 Å². The fraction of sp³-hybridized carbons (Fsp3) is 0. The molecule has 0 aromatic heterocycles. The molecule has 0 aromatic carbocycles. The van der Waals surface area contributed by atoms with E-state index < -0.39 is 6.16 Å². The zero-order valence-corrected chi connectivity index (χ0v) is 8.85. The summed E-state index contributed by atoms with van der Waals surface area (Å²) in [6.45, 7) is 0. The summed E-state index contributed by atoms with van der Waals surface area (Å²) in [6, 6.07) is 0. The third-order valence-corrected chi connectivity index (χ3v) is 1.93. The van der Waals surface area contributed by atoms with Gasteiger partial charge in [0.2, 0.25) is 0 Å². The maximum absolute atomic E-state index is 10.7. The number of carboxylic acid groups (broad SMARTS) is 2. The van der Waals surface area contributed by atoms with Gasteiger partial charge in [-0.25, -0.2) is 4.79 Å². The van der Waals surface area contributed by atoms with Crippen LogP contribution in [0.2, 0.25) is 0 Å². The molecule has 6 heteroatoms. The van der Waals surface area contributed by atoms with Crippen LogP contribution in [0.4, 0.5) is 4.79 Å². The quantitative estimate of drug-likeness (QED) is 0.415. The Morgan fingerprint density at radius 3 is 2.00 bits per heavy atom. The normalized spacial score (nSPS) is 14.5. The molecule has 0 bridgehead atoms. The molecule has 0 saturated carbocycles. The Hall–Kier alpha value is -0.910. The molecule has 0 heterocycles. The van der Waals surface area contributed by atoms with E-state index in [4.69, 9.17) is 15.0 Å². The van der Waals surface area contributed by atoms with Crippen molar-refractivity contribution >= 4 is 45.7 Å². The molecule has 0 saturated heterocycles. The van der Waals surface area contributed by atoms with Crippen molar-refractivity contribution < 1.29 is 24.6 Å². The number of rotatable bonds is 0. The minimum atomic E-state index is -1.83. The zero-order chi connectivity index (χ0) is 10.4. The van der Waals surface area contributed by atoms with Crippen LogP contribution in [0.1, 0.15) is 0 Å². The second-order valence-electron chi connectivity index (χ2n) is 2.21. The summed E-state index contributed by atoms with van der Waals surface area (Å²) < 4.78 is 0.655. The van der Waals surface area contributed by atoms with Gasteiger partial charge in [0, 0.05) is 0 Å². The summed E-state index contributed by atoms with van der Waals surface area (Å²) in [6.07, 6.45) is 2.18. The Balaban J connectivity index is 0.000000310. The minimum absolute atomic E-state index is 0.0127. The van der Waals surface area contributed by atoms with Crippen molar-refractivity contribution in [1.29, 1.82) is 0 Å². The summed E-state index contributed by atoms with van der Waals surface area (Å²) in [4.78, 5) is 29.7. The van der Waals surface area contributed by atoms with Crippen molar-refractivity contribution in [1.82, 2.24) is 0 Å². The molecule has 2 N–H and O–H groups in total. The van der Waals surface area contributed by atoms with Crippen molar-refractivity contribution in [3.8, 4) is 0 Å². The molecule has 0 aromatic rings. The van der Waals surface area contributed by atoms with Gasteiger partial charge in [-0.05, 0) is 0 Å². The van der Waals surface area contributed by atoms with Gasteiger partial charge in [0.25, 0.3) is 0 Å². The maximum atomic E-state index is 10.7. The topological polar surface area (TPSA) is 91.7 Å². The first kappa shape index (κ1) is 12.1. The van der Waals surface area contributed by atoms with E-state index in [1.807, 2.05) is 0 Å². The van der Waals surface area contributed by atoms with Crippen LogP contribution in [0.5, 0.6) is 0 Å². The Bertz CT molecular complexity index is 298. The first-order valence-electron chi connectivity index (χ1n) is 3.30. The van der Waals surface area contributed by atoms with Gasteiger partial charge in [-0.15, -0.1) is 0 Å². The SMILES string of the molecule is O=C(O)O.O=C1C=CC(=O)[C]([Na])=C1. The van der Waals surface area contributed by atoms with E-state index in [9.17, 15) is 9.59 Å². The van der Waals surface area contributed by atoms with Gasteiger partial charge < -0.3 is 10.2 Å². The fourth-order valence-corrected chi connectivity index (χ4v) is 1.07. The van der Waals surface area contributed by atoms with Gasteiger partial charge in [-0.2, -0.15) is 0 Å². The molecular formula is C7H5NaO5. The van der Waals surface area contributed by atoms with E-state index in [0.717, 1.165) is 0 Å². The predicted octanol–water partition coefficient (Wildman–Crippen LogP) is -0.0308. The second-order valence-corrected chi connectivity index (χ2v) is 3.29. The first-order chi connectivity index (χ1) is 5.93. The average molecular weight is 192 g/mol. The first-order valence-corrected chi connectivity index (χ1v) is 4.30. The van der Waals surface area contributed by atoms with Gasteiger partial charge in [-0.3, -0.25) is 0 Å². The third-order valence-electron chi connectivity index (χ3n) is 1.15. The molecule has 0 radical (unpaired) electrons. The molecule has 0 amide bonds. The third kappa shape index (κ3) is 6.27. The molecule has 64 valence electrons. The Morgan fingerprint density at radius 1 is 1.23 bits per heavy atom. The summed E-state index contributed by atoms with van der Waals surface area (Å²) in [5.74, 6) is -0.0825. The average Bonchev–Trinajstić information content (AvgIpc) is 1.96. The van der Waals surface area contributed by atoms with Crippen LogP contribution < -0.4 is 0 Å². The van der Waals surface area contributed by atoms with Crippen molar-refractivity contribution in [2.75, 3.05) is 0 Å². The number of allylic oxidation sites excluding steroid dienone is 4. The van der Waals surface area contributed by atoms with E-state index >= 15 is 0 Å². The van der Waals surface area contributed by atoms with E-state index in [1.165, 1.54) is 18.2 Å². The molecule has 0 spiro atoms. The number of hydrogen-bond donors (Lipinski definition) is 2. The number of carbonyl (C=O) groups excluding carboxylic acids is 2. The molecule has 5 nitrogen and oxygen atoms in total. The van der Waals surface area contributed by atoms with Crippen molar-refractivity contribution in [2.24, 2.45) is 0 Å². The van der Waals surface area contributed by atoms with Crippen molar-refractivity contribution in [2.45, 2.75) is 0 Å². The zero-order valence-electron chi connectivity index (χ0n) is 6.85. The summed E-state index contributed by atoms with van der Waals surface area (Å²) in [5.41, 5.74) is 0. The van der Waals surface area contributed by atoms with E-state index in [2.05, 4.69) is 0 Å². The molecule has 13 heavy (non-hydrogen) atoms. The van der Waals surface area contributed by atoms with E-state index in [0.29, 0.717) is 30.8 Å². The second kappa shape index (κ2) is 5.69. The van der Waals surface area contributed by atoms with Crippen LogP contribution in [0, 0.1) is 0 Å². The molecule has 1 aliphatic rings. The molecule has 0 unspecified atom stereocenters. The van der Waals surface area contributed by atoms with Crippen LogP contribution in [0.25, 0.3) is 0 Å². The molecule has 0 aliphatic heterocycles. The molecule has 1 aliphatic carbocycles.